The molecule has 7 aromatic carbocycles. The van der Waals surface area contributed by atoms with Crippen molar-refractivity contribution < 1.29 is 4.74 Å². The quantitative estimate of drug-likeness (QED) is 0.178. The maximum atomic E-state index is 6.81. The molecule has 61 heavy (non-hydrogen) atoms. The van der Waals surface area contributed by atoms with Gasteiger partial charge in [-0.2, -0.15) is 0 Å². The third kappa shape index (κ3) is 4.11. The van der Waals surface area contributed by atoms with Crippen LogP contribution in [0.4, 0.5) is 0 Å². The van der Waals surface area contributed by atoms with Crippen LogP contribution in [0.25, 0.3) is 65.2 Å². The molecule has 4 saturated carbocycles. The predicted molar refractivity (Wildman–Crippen MR) is 246 cm³/mol. The van der Waals surface area contributed by atoms with Crippen molar-refractivity contribution in [3.63, 3.8) is 0 Å². The van der Waals surface area contributed by atoms with Crippen LogP contribution in [-0.2, 0) is 10.8 Å². The predicted octanol–water partition coefficient (Wildman–Crippen LogP) is 14.4. The van der Waals surface area contributed by atoms with Crippen LogP contribution < -0.4 is 4.74 Å². The Morgan fingerprint density at radius 2 is 1.15 bits per heavy atom. The Balaban J connectivity index is 0.931. The zero-order valence-corrected chi connectivity index (χ0v) is 34.4. The van der Waals surface area contributed by atoms with Gasteiger partial charge in [0, 0.05) is 48.0 Å². The third-order valence-electron chi connectivity index (χ3n) is 16.6. The van der Waals surface area contributed by atoms with Gasteiger partial charge in [-0.1, -0.05) is 127 Å². The van der Waals surface area contributed by atoms with Crippen molar-refractivity contribution >= 4 is 31.5 Å². The average molecular weight is 801 g/mol. The second-order valence-electron chi connectivity index (χ2n) is 19.0. The molecule has 6 aliphatic rings. The zero-order chi connectivity index (χ0) is 39.7. The molecule has 2 aromatic heterocycles. The molecule has 0 amide bonds. The topological polar surface area (TPSA) is 35.0 Å². The zero-order valence-electron chi connectivity index (χ0n) is 33.6. The number of para-hydroxylation sites is 1. The van der Waals surface area contributed by atoms with Gasteiger partial charge in [0.25, 0.3) is 0 Å². The second kappa shape index (κ2) is 11.5. The molecule has 3 nitrogen and oxygen atoms in total. The average Bonchev–Trinajstić information content (AvgIpc) is 4.03. The molecule has 9 aromatic rings. The molecular formula is C57H40N2OS. The number of fused-ring (bicyclic) bond motifs is 13. The summed E-state index contributed by atoms with van der Waals surface area (Å²) in [5, 5.41) is 2.56. The monoisotopic (exact) mass is 800 g/mol. The summed E-state index contributed by atoms with van der Waals surface area (Å²) < 4.78 is 9.35. The number of hydrogen-bond acceptors (Lipinski definition) is 4. The first-order valence-corrected chi connectivity index (χ1v) is 22.9. The van der Waals surface area contributed by atoms with E-state index in [1.807, 2.05) is 11.3 Å². The highest BCUT2D eigenvalue weighted by molar-refractivity contribution is 7.26. The van der Waals surface area contributed by atoms with E-state index in [9.17, 15) is 0 Å². The summed E-state index contributed by atoms with van der Waals surface area (Å²) in [4.78, 5) is 11.0. The lowest BCUT2D eigenvalue weighted by atomic mass is 9.38. The van der Waals surface area contributed by atoms with E-state index in [2.05, 4.69) is 164 Å². The fourth-order valence-corrected chi connectivity index (χ4v) is 15.4. The Labute approximate surface area is 358 Å². The number of benzene rings is 7. The van der Waals surface area contributed by atoms with Crippen LogP contribution in [0.15, 0.2) is 164 Å². The molecule has 5 atom stereocenters. The summed E-state index contributed by atoms with van der Waals surface area (Å²) in [7, 11) is 0. The van der Waals surface area contributed by atoms with Crippen molar-refractivity contribution in [2.24, 2.45) is 23.2 Å². The first kappa shape index (κ1) is 33.4. The van der Waals surface area contributed by atoms with E-state index < -0.39 is 5.41 Å². The minimum absolute atomic E-state index is 0.370. The van der Waals surface area contributed by atoms with Crippen LogP contribution in [0.5, 0.6) is 11.5 Å². The molecule has 4 heteroatoms. The Hall–Kier alpha value is -6.36. The molecule has 0 radical (unpaired) electrons. The summed E-state index contributed by atoms with van der Waals surface area (Å²) >= 11 is 1.85. The first-order chi connectivity index (χ1) is 30.1. The van der Waals surface area contributed by atoms with Gasteiger partial charge in [0.05, 0.1) is 16.8 Å². The molecule has 290 valence electrons. The molecule has 2 spiro atoms. The lowest BCUT2D eigenvalue weighted by Gasteiger charge is -2.66. The largest absolute Gasteiger partial charge is 0.457 e. The maximum Gasteiger partial charge on any atom is 0.160 e. The fourth-order valence-electron chi connectivity index (χ4n) is 14.2. The Morgan fingerprint density at radius 1 is 0.508 bits per heavy atom. The maximum absolute atomic E-state index is 6.81. The molecule has 1 aliphatic heterocycles. The number of aromatic nitrogens is 2. The molecule has 15 rings (SSSR count). The summed E-state index contributed by atoms with van der Waals surface area (Å²) in [6.07, 6.45) is 7.17. The number of thiophene rings is 1. The van der Waals surface area contributed by atoms with Crippen molar-refractivity contribution in [3.8, 4) is 56.5 Å². The molecule has 0 saturated heterocycles. The number of hydrogen-bond donors (Lipinski definition) is 0. The van der Waals surface area contributed by atoms with E-state index >= 15 is 0 Å². The van der Waals surface area contributed by atoms with E-state index in [0.29, 0.717) is 10.8 Å². The van der Waals surface area contributed by atoms with Crippen LogP contribution >= 0.6 is 11.3 Å². The van der Waals surface area contributed by atoms with Crippen LogP contribution in [0.3, 0.4) is 0 Å². The van der Waals surface area contributed by atoms with Crippen LogP contribution in [-0.4, -0.2) is 9.97 Å². The molecule has 2 bridgehead atoms. The highest BCUT2D eigenvalue weighted by Gasteiger charge is 2.77. The van der Waals surface area contributed by atoms with E-state index in [1.165, 1.54) is 74.5 Å². The lowest BCUT2D eigenvalue weighted by molar-refractivity contribution is -0.175. The highest BCUT2D eigenvalue weighted by atomic mass is 32.1. The Kier molecular flexibility index (Phi) is 6.30. The van der Waals surface area contributed by atoms with Gasteiger partial charge in [0.1, 0.15) is 11.5 Å². The van der Waals surface area contributed by atoms with Gasteiger partial charge in [-0.25, -0.2) is 9.97 Å². The van der Waals surface area contributed by atoms with Crippen LogP contribution in [0.2, 0.25) is 0 Å². The molecule has 0 N–H and O–H groups in total. The van der Waals surface area contributed by atoms with Crippen LogP contribution in [0.1, 0.15) is 59.9 Å². The van der Waals surface area contributed by atoms with E-state index in [0.717, 1.165) is 74.3 Å². The van der Waals surface area contributed by atoms with Crippen molar-refractivity contribution in [3.05, 3.63) is 192 Å². The Bertz CT molecular complexity index is 3320. The molecule has 3 heterocycles. The highest BCUT2D eigenvalue weighted by Crippen LogP contribution is 2.84. The fraction of sp³-hybridized carbons (Fsp3) is 0.193. The van der Waals surface area contributed by atoms with E-state index in [-0.39, 0.29) is 0 Å². The Morgan fingerprint density at radius 3 is 1.92 bits per heavy atom. The summed E-state index contributed by atoms with van der Waals surface area (Å²) in [6, 6.07) is 60.3. The van der Waals surface area contributed by atoms with Crippen molar-refractivity contribution in [1.29, 1.82) is 0 Å². The molecule has 4 fully saturated rings. The van der Waals surface area contributed by atoms with Crippen molar-refractivity contribution in [1.82, 2.24) is 9.97 Å². The van der Waals surface area contributed by atoms with Gasteiger partial charge in [-0.15, -0.1) is 11.3 Å². The molecule has 5 aliphatic carbocycles. The van der Waals surface area contributed by atoms with Gasteiger partial charge in [0.2, 0.25) is 0 Å². The lowest BCUT2D eigenvalue weighted by Crippen LogP contribution is -2.59. The van der Waals surface area contributed by atoms with Crippen molar-refractivity contribution in [2.45, 2.75) is 42.9 Å². The van der Waals surface area contributed by atoms with Gasteiger partial charge >= 0.3 is 0 Å². The number of ether oxygens (including phenoxy) is 1. The smallest absolute Gasteiger partial charge is 0.160 e. The first-order valence-electron chi connectivity index (χ1n) is 22.1. The van der Waals surface area contributed by atoms with Crippen LogP contribution in [0, 0.1) is 23.2 Å². The molecular weight excluding hydrogens is 761 g/mol. The van der Waals surface area contributed by atoms with E-state index in [4.69, 9.17) is 14.7 Å². The second-order valence-corrected chi connectivity index (χ2v) is 20.1. The summed E-state index contributed by atoms with van der Waals surface area (Å²) in [6.45, 7) is 0. The molecule has 3 unspecified atom stereocenters. The van der Waals surface area contributed by atoms with Gasteiger partial charge in [-0.3, -0.25) is 0 Å². The van der Waals surface area contributed by atoms with Gasteiger partial charge in [0.15, 0.2) is 5.82 Å². The normalized spacial score (nSPS) is 25.0. The number of rotatable bonds is 4. The minimum atomic E-state index is -0.565. The SMILES string of the molecule is c1ccc2c(c1)Oc1ccc(-c3nc(-c4ccc(C56CC7C[C@@H]8C[C@@H](C5)C78C6)cc4)cc(-c4cccc5c4sc4ccccc45)n3)cc1C21c2ccccc2-c2ccccc21. The van der Waals surface area contributed by atoms with Gasteiger partial charge < -0.3 is 4.74 Å². The third-order valence-corrected chi connectivity index (χ3v) is 17.9. The summed E-state index contributed by atoms with van der Waals surface area (Å²) in [5.41, 5.74) is 14.5. The van der Waals surface area contributed by atoms with Crippen molar-refractivity contribution in [2.75, 3.05) is 0 Å². The standard InChI is InChI=1S/C57H40N2OS/c1-4-15-44-39(10-1)40-11-2-5-16-45(40)57(44)46-17-6-7-18-50(46)60-51-25-22-34(26-47(51)57)54-58-48(29-49(59-54)43-14-9-13-42-41-12-3-8-19-52(41)61-53(42)43)33-20-23-35(24-21-33)55-30-37-27-36-28-38(31-55)56(36,37)32-55/h1-26,29,36-38H,27-28,30-32H2/t36-,37-,38?,55?,56?/m0/s1. The number of nitrogens with zero attached hydrogens (tertiary/aromatic N) is 2. The summed E-state index contributed by atoms with van der Waals surface area (Å²) in [5.74, 6) is 5.43. The van der Waals surface area contributed by atoms with Gasteiger partial charge in [-0.05, 0) is 125 Å². The van der Waals surface area contributed by atoms with E-state index in [1.54, 1.807) is 5.56 Å². The minimum Gasteiger partial charge on any atom is -0.457 e.